The van der Waals surface area contributed by atoms with Gasteiger partial charge < -0.3 is 9.64 Å². The Morgan fingerprint density at radius 1 is 1.50 bits per heavy atom. The first-order chi connectivity index (χ1) is 12.5. The van der Waals surface area contributed by atoms with Crippen molar-refractivity contribution in [1.82, 2.24) is 4.98 Å². The smallest absolute Gasteiger partial charge is 0.313 e. The molecule has 0 spiro atoms. The van der Waals surface area contributed by atoms with Gasteiger partial charge in [0.25, 0.3) is 0 Å². The molecule has 1 aromatic heterocycles. The van der Waals surface area contributed by atoms with Gasteiger partial charge in [-0.3, -0.25) is 9.78 Å². The number of ether oxygens (including phenoxy) is 1. The Morgan fingerprint density at radius 3 is 3.04 bits per heavy atom. The van der Waals surface area contributed by atoms with E-state index < -0.39 is 5.41 Å². The number of nitrogens with zero attached hydrogens (tertiary/aromatic N) is 3. The molecule has 2 heterocycles. The lowest BCUT2D eigenvalue weighted by molar-refractivity contribution is -0.152. The van der Waals surface area contributed by atoms with E-state index in [0.29, 0.717) is 35.2 Å². The van der Waals surface area contributed by atoms with Crippen LogP contribution in [0.2, 0.25) is 0 Å². The monoisotopic (exact) mass is 353 g/mol. The lowest BCUT2D eigenvalue weighted by atomic mass is 9.81. The minimum absolute atomic E-state index is 0.179. The van der Waals surface area contributed by atoms with E-state index >= 15 is 0 Å². The number of esters is 1. The van der Waals surface area contributed by atoms with Crippen molar-refractivity contribution >= 4 is 22.6 Å². The summed E-state index contributed by atoms with van der Waals surface area (Å²) in [4.78, 5) is 19.0. The van der Waals surface area contributed by atoms with Gasteiger partial charge in [0.15, 0.2) is 0 Å². The number of aromatic nitrogens is 1. The second-order valence-electron chi connectivity index (χ2n) is 7.37. The van der Waals surface area contributed by atoms with E-state index in [1.54, 1.807) is 6.20 Å². The predicted molar refractivity (Wildman–Crippen MR) is 95.2 cm³/mol. The van der Waals surface area contributed by atoms with Crippen molar-refractivity contribution in [2.45, 2.75) is 26.2 Å². The molecular formula is C20H20FN3O2. The maximum absolute atomic E-state index is 14.1. The summed E-state index contributed by atoms with van der Waals surface area (Å²) in [5.74, 6) is -0.337. The average Bonchev–Trinajstić information content (AvgIpc) is 3.17. The predicted octanol–water partition coefficient (Wildman–Crippen LogP) is 3.33. The largest absolute Gasteiger partial charge is 0.469 e. The van der Waals surface area contributed by atoms with Crippen LogP contribution in [0.15, 0.2) is 18.3 Å². The molecule has 2 aliphatic rings. The summed E-state index contributed by atoms with van der Waals surface area (Å²) in [6.45, 7) is 2.97. The van der Waals surface area contributed by atoms with E-state index in [9.17, 15) is 14.4 Å². The van der Waals surface area contributed by atoms with Crippen LogP contribution in [0, 0.1) is 35.4 Å². The van der Waals surface area contributed by atoms with Crippen molar-refractivity contribution in [3.05, 3.63) is 35.3 Å². The SMILES string of the molecule is COC(=O)C12CCCC1CN(c1c(C#N)cnc3c(C)cc(F)cc13)C2. The van der Waals surface area contributed by atoms with Crippen molar-refractivity contribution in [2.75, 3.05) is 25.1 Å². The molecule has 0 amide bonds. The van der Waals surface area contributed by atoms with Gasteiger partial charge in [-0.2, -0.15) is 5.26 Å². The van der Waals surface area contributed by atoms with E-state index in [1.807, 2.05) is 6.92 Å². The van der Waals surface area contributed by atoms with Crippen LogP contribution in [0.3, 0.4) is 0 Å². The molecule has 1 saturated heterocycles. The molecule has 2 aromatic rings. The molecule has 26 heavy (non-hydrogen) atoms. The summed E-state index contributed by atoms with van der Waals surface area (Å²) >= 11 is 0. The number of carbonyl (C=O) groups excluding carboxylic acids is 1. The number of nitriles is 1. The molecule has 2 fully saturated rings. The third kappa shape index (κ3) is 2.27. The fraction of sp³-hybridized carbons (Fsp3) is 0.450. The molecule has 6 heteroatoms. The van der Waals surface area contributed by atoms with Gasteiger partial charge >= 0.3 is 5.97 Å². The highest BCUT2D eigenvalue weighted by atomic mass is 19.1. The molecule has 1 aromatic carbocycles. The Labute approximate surface area is 151 Å². The Hall–Kier alpha value is -2.68. The first-order valence-electron chi connectivity index (χ1n) is 8.82. The van der Waals surface area contributed by atoms with Crippen LogP contribution in [0.25, 0.3) is 10.9 Å². The molecular weight excluding hydrogens is 333 g/mol. The van der Waals surface area contributed by atoms with E-state index in [4.69, 9.17) is 4.74 Å². The van der Waals surface area contributed by atoms with Crippen molar-refractivity contribution < 1.29 is 13.9 Å². The van der Waals surface area contributed by atoms with E-state index in [-0.39, 0.29) is 17.7 Å². The zero-order valence-corrected chi connectivity index (χ0v) is 14.9. The number of halogens is 1. The molecule has 134 valence electrons. The highest BCUT2D eigenvalue weighted by Crippen LogP contribution is 2.51. The minimum Gasteiger partial charge on any atom is -0.469 e. The maximum atomic E-state index is 14.1. The summed E-state index contributed by atoms with van der Waals surface area (Å²) in [5.41, 5.74) is 1.97. The van der Waals surface area contributed by atoms with E-state index in [0.717, 1.165) is 24.8 Å². The van der Waals surface area contributed by atoms with E-state index in [1.165, 1.54) is 19.2 Å². The van der Waals surface area contributed by atoms with Gasteiger partial charge in [0, 0.05) is 24.7 Å². The number of methoxy groups -OCH3 is 1. The zero-order valence-electron chi connectivity index (χ0n) is 14.9. The molecule has 0 radical (unpaired) electrons. The van der Waals surface area contributed by atoms with Gasteiger partial charge in [0.1, 0.15) is 11.9 Å². The molecule has 2 atom stereocenters. The van der Waals surface area contributed by atoms with Crippen molar-refractivity contribution in [3.8, 4) is 6.07 Å². The van der Waals surface area contributed by atoms with Crippen LogP contribution in [0.5, 0.6) is 0 Å². The zero-order chi connectivity index (χ0) is 18.5. The summed E-state index contributed by atoms with van der Waals surface area (Å²) in [7, 11) is 1.43. The molecule has 0 bridgehead atoms. The number of carbonyl (C=O) groups is 1. The number of fused-ring (bicyclic) bond motifs is 2. The number of rotatable bonds is 2. The normalized spacial score (nSPS) is 24.5. The topological polar surface area (TPSA) is 66.2 Å². The average molecular weight is 353 g/mol. The molecule has 1 aliphatic heterocycles. The van der Waals surface area contributed by atoms with Crippen LogP contribution < -0.4 is 4.90 Å². The van der Waals surface area contributed by atoms with Gasteiger partial charge in [-0.25, -0.2) is 4.39 Å². The minimum atomic E-state index is -0.528. The molecule has 5 nitrogen and oxygen atoms in total. The van der Waals surface area contributed by atoms with Crippen molar-refractivity contribution in [1.29, 1.82) is 5.26 Å². The number of benzene rings is 1. The second kappa shape index (κ2) is 5.94. The Bertz CT molecular complexity index is 952. The van der Waals surface area contributed by atoms with Gasteiger partial charge in [0.2, 0.25) is 0 Å². The number of hydrogen-bond acceptors (Lipinski definition) is 5. The fourth-order valence-corrected chi connectivity index (χ4v) is 4.84. The van der Waals surface area contributed by atoms with Gasteiger partial charge in [-0.15, -0.1) is 0 Å². The highest BCUT2D eigenvalue weighted by Gasteiger charge is 2.55. The highest BCUT2D eigenvalue weighted by molar-refractivity contribution is 5.96. The first-order valence-corrected chi connectivity index (χ1v) is 8.82. The van der Waals surface area contributed by atoms with Crippen LogP contribution >= 0.6 is 0 Å². The van der Waals surface area contributed by atoms with Crippen molar-refractivity contribution in [3.63, 3.8) is 0 Å². The Morgan fingerprint density at radius 2 is 2.31 bits per heavy atom. The van der Waals surface area contributed by atoms with Crippen LogP contribution in [-0.4, -0.2) is 31.2 Å². The quantitative estimate of drug-likeness (QED) is 0.775. The molecule has 1 aliphatic carbocycles. The number of aryl methyl sites for hydroxylation is 1. The van der Waals surface area contributed by atoms with Crippen LogP contribution in [0.1, 0.15) is 30.4 Å². The number of anilines is 1. The van der Waals surface area contributed by atoms with Gasteiger partial charge in [-0.1, -0.05) is 6.42 Å². The molecule has 1 saturated carbocycles. The molecule has 0 N–H and O–H groups in total. The third-order valence-electron chi connectivity index (χ3n) is 6.00. The van der Waals surface area contributed by atoms with Gasteiger partial charge in [0.05, 0.1) is 29.3 Å². The summed E-state index contributed by atoms with van der Waals surface area (Å²) in [6.07, 6.45) is 4.30. The number of pyridine rings is 1. The maximum Gasteiger partial charge on any atom is 0.313 e. The Balaban J connectivity index is 1.88. The van der Waals surface area contributed by atoms with Crippen molar-refractivity contribution in [2.24, 2.45) is 11.3 Å². The summed E-state index contributed by atoms with van der Waals surface area (Å²) < 4.78 is 19.2. The standard InChI is InChI=1S/C20H20FN3O2/c1-12-6-15(21)7-16-17(12)23-9-13(8-22)18(16)24-10-14-4-3-5-20(14,11-24)19(25)26-2/h6-7,9,14H,3-5,10-11H2,1-2H3. The first kappa shape index (κ1) is 16.8. The van der Waals surface area contributed by atoms with Crippen LogP contribution in [0.4, 0.5) is 10.1 Å². The number of hydrogen-bond donors (Lipinski definition) is 0. The summed E-state index contributed by atoms with van der Waals surface area (Å²) in [6, 6.07) is 5.06. The molecule has 4 rings (SSSR count). The fourth-order valence-electron chi connectivity index (χ4n) is 4.84. The molecule has 2 unspecified atom stereocenters. The summed E-state index contributed by atoms with van der Waals surface area (Å²) in [5, 5.41) is 10.2. The second-order valence-corrected chi connectivity index (χ2v) is 7.37. The van der Waals surface area contributed by atoms with Gasteiger partial charge in [-0.05, 0) is 43.4 Å². The lowest BCUT2D eigenvalue weighted by Gasteiger charge is -2.27. The third-order valence-corrected chi connectivity index (χ3v) is 6.00. The lowest BCUT2D eigenvalue weighted by Crippen LogP contribution is -2.37. The van der Waals surface area contributed by atoms with Crippen LogP contribution in [-0.2, 0) is 9.53 Å². The van der Waals surface area contributed by atoms with E-state index in [2.05, 4.69) is 16.0 Å². The Kier molecular flexibility index (Phi) is 3.83.